The predicted octanol–water partition coefficient (Wildman–Crippen LogP) is 4.01. The van der Waals surface area contributed by atoms with E-state index in [0.29, 0.717) is 24.6 Å². The van der Waals surface area contributed by atoms with E-state index < -0.39 is 0 Å². The summed E-state index contributed by atoms with van der Waals surface area (Å²) < 4.78 is 13.7. The molecule has 2 aromatic heterocycles. The number of aromatic nitrogens is 2. The smallest absolute Gasteiger partial charge is 0.289 e. The summed E-state index contributed by atoms with van der Waals surface area (Å²) in [5, 5.41) is 6.60. The first-order valence-electron chi connectivity index (χ1n) is 11.3. The maximum atomic E-state index is 12.9. The summed E-state index contributed by atoms with van der Waals surface area (Å²) in [4.78, 5) is 17.2. The quantitative estimate of drug-likeness (QED) is 0.450. The lowest BCUT2D eigenvalue weighted by Crippen LogP contribution is -2.48. The van der Waals surface area contributed by atoms with E-state index in [1.807, 2.05) is 60.0 Å². The van der Waals surface area contributed by atoms with E-state index in [4.69, 9.17) is 9.15 Å². The van der Waals surface area contributed by atoms with Gasteiger partial charge in [0.2, 0.25) is 0 Å². The number of rotatable bonds is 6. The largest absolute Gasteiger partial charge is 0.485 e. The van der Waals surface area contributed by atoms with Crippen LogP contribution in [-0.4, -0.2) is 51.7 Å². The Morgan fingerprint density at radius 1 is 1.03 bits per heavy atom. The molecule has 3 heterocycles. The normalized spacial score (nSPS) is 14.7. The third-order valence-electron chi connectivity index (χ3n) is 6.16. The fourth-order valence-electron chi connectivity index (χ4n) is 4.35. The topological polar surface area (TPSA) is 63.7 Å². The highest BCUT2D eigenvalue weighted by Crippen LogP contribution is 2.26. The molecule has 2 aromatic carbocycles. The highest BCUT2D eigenvalue weighted by atomic mass is 16.5. The lowest BCUT2D eigenvalue weighted by molar-refractivity contribution is 0.0594. The molecule has 1 saturated heterocycles. The van der Waals surface area contributed by atoms with E-state index in [1.54, 1.807) is 6.07 Å². The zero-order chi connectivity index (χ0) is 22.8. The van der Waals surface area contributed by atoms with E-state index in [0.717, 1.165) is 41.9 Å². The fraction of sp³-hybridized carbons (Fsp3) is 0.308. The predicted molar refractivity (Wildman–Crippen MR) is 126 cm³/mol. The molecule has 0 bridgehead atoms. The van der Waals surface area contributed by atoms with E-state index in [2.05, 4.69) is 28.3 Å². The first-order valence-corrected chi connectivity index (χ1v) is 11.3. The highest BCUT2D eigenvalue weighted by Gasteiger charge is 2.25. The van der Waals surface area contributed by atoms with Crippen LogP contribution in [0.2, 0.25) is 0 Å². The van der Waals surface area contributed by atoms with Crippen LogP contribution in [0.15, 0.2) is 65.2 Å². The second-order valence-corrected chi connectivity index (χ2v) is 8.51. The fourth-order valence-corrected chi connectivity index (χ4v) is 4.35. The van der Waals surface area contributed by atoms with Gasteiger partial charge in [-0.3, -0.25) is 14.4 Å². The first kappa shape index (κ1) is 21.3. The van der Waals surface area contributed by atoms with E-state index >= 15 is 0 Å². The molecule has 0 unspecified atom stereocenters. The molecule has 4 aromatic rings. The molecule has 7 nitrogen and oxygen atoms in total. The lowest BCUT2D eigenvalue weighted by atomic mass is 10.1. The van der Waals surface area contributed by atoms with Crippen LogP contribution >= 0.6 is 0 Å². The van der Waals surface area contributed by atoms with Gasteiger partial charge in [0.05, 0.1) is 5.69 Å². The molecule has 1 aliphatic rings. The van der Waals surface area contributed by atoms with Crippen LogP contribution in [-0.2, 0) is 20.2 Å². The van der Waals surface area contributed by atoms with Crippen molar-refractivity contribution in [2.75, 3.05) is 26.2 Å². The standard InChI is InChI=1S/C26H28N4O3/c1-19-21(16-28(2)27-19)17-29-12-14-30(15-13-29)26(31)25-11-10-22(33-25)18-32-24-9-5-7-20-6-3-4-8-23(20)24/h3-11,16H,12-15,17-18H2,1-2H3. The molecule has 0 atom stereocenters. The van der Waals surface area contributed by atoms with Crippen molar-refractivity contribution in [3.05, 3.63) is 83.6 Å². The number of hydrogen-bond donors (Lipinski definition) is 0. The molecule has 0 aliphatic carbocycles. The van der Waals surface area contributed by atoms with Crippen LogP contribution in [0.1, 0.15) is 27.6 Å². The Labute approximate surface area is 193 Å². The average Bonchev–Trinajstić information content (AvgIpc) is 3.43. The van der Waals surface area contributed by atoms with Gasteiger partial charge in [0.15, 0.2) is 5.76 Å². The van der Waals surface area contributed by atoms with Crippen molar-refractivity contribution in [3.8, 4) is 5.75 Å². The number of carbonyl (C=O) groups excluding carboxylic acids is 1. The Kier molecular flexibility index (Phi) is 5.88. The molecule has 1 fully saturated rings. The Morgan fingerprint density at radius 3 is 2.61 bits per heavy atom. The molecular formula is C26H28N4O3. The van der Waals surface area contributed by atoms with Crippen LogP contribution < -0.4 is 4.74 Å². The number of hydrogen-bond acceptors (Lipinski definition) is 5. The molecule has 0 spiro atoms. The van der Waals surface area contributed by atoms with Crippen molar-refractivity contribution < 1.29 is 13.9 Å². The van der Waals surface area contributed by atoms with Gasteiger partial charge in [0, 0.05) is 56.9 Å². The van der Waals surface area contributed by atoms with Gasteiger partial charge in [-0.05, 0) is 30.5 Å². The van der Waals surface area contributed by atoms with Gasteiger partial charge < -0.3 is 14.1 Å². The zero-order valence-electron chi connectivity index (χ0n) is 19.0. The summed E-state index contributed by atoms with van der Waals surface area (Å²) in [6.45, 7) is 6.20. The van der Waals surface area contributed by atoms with Gasteiger partial charge in [-0.2, -0.15) is 5.10 Å². The summed E-state index contributed by atoms with van der Waals surface area (Å²) in [5.41, 5.74) is 2.30. The maximum absolute atomic E-state index is 12.9. The molecule has 0 radical (unpaired) electrons. The van der Waals surface area contributed by atoms with E-state index in [1.165, 1.54) is 5.56 Å². The van der Waals surface area contributed by atoms with Gasteiger partial charge in [0.25, 0.3) is 5.91 Å². The minimum Gasteiger partial charge on any atom is -0.485 e. The number of nitrogens with zero attached hydrogens (tertiary/aromatic N) is 4. The monoisotopic (exact) mass is 444 g/mol. The van der Waals surface area contributed by atoms with Crippen LogP contribution in [0.5, 0.6) is 5.75 Å². The minimum absolute atomic E-state index is 0.0661. The van der Waals surface area contributed by atoms with Crippen LogP contribution in [0.3, 0.4) is 0 Å². The molecule has 1 amide bonds. The van der Waals surface area contributed by atoms with Crippen molar-refractivity contribution >= 4 is 16.7 Å². The van der Waals surface area contributed by atoms with Crippen LogP contribution in [0, 0.1) is 6.92 Å². The number of carbonyl (C=O) groups is 1. The maximum Gasteiger partial charge on any atom is 0.289 e. The van der Waals surface area contributed by atoms with Crippen molar-refractivity contribution in [1.82, 2.24) is 19.6 Å². The lowest BCUT2D eigenvalue weighted by Gasteiger charge is -2.34. The SMILES string of the molecule is Cc1nn(C)cc1CN1CCN(C(=O)c2ccc(COc3cccc4ccccc34)o2)CC1. The van der Waals surface area contributed by atoms with Crippen molar-refractivity contribution in [2.45, 2.75) is 20.1 Å². The van der Waals surface area contributed by atoms with Crippen LogP contribution in [0.4, 0.5) is 0 Å². The second-order valence-electron chi connectivity index (χ2n) is 8.51. The van der Waals surface area contributed by atoms with Gasteiger partial charge in [-0.25, -0.2) is 0 Å². The van der Waals surface area contributed by atoms with Gasteiger partial charge in [-0.1, -0.05) is 36.4 Å². The van der Waals surface area contributed by atoms with E-state index in [9.17, 15) is 4.79 Å². The Hall–Kier alpha value is -3.58. The Bertz CT molecular complexity index is 1260. The summed E-state index contributed by atoms with van der Waals surface area (Å²) in [5.74, 6) is 1.74. The molecule has 5 rings (SSSR count). The number of benzene rings is 2. The van der Waals surface area contributed by atoms with Gasteiger partial charge in [-0.15, -0.1) is 0 Å². The van der Waals surface area contributed by atoms with Gasteiger partial charge in [0.1, 0.15) is 18.1 Å². The van der Waals surface area contributed by atoms with Crippen molar-refractivity contribution in [3.63, 3.8) is 0 Å². The van der Waals surface area contributed by atoms with Crippen molar-refractivity contribution in [1.29, 1.82) is 0 Å². The summed E-state index contributed by atoms with van der Waals surface area (Å²) in [6, 6.07) is 17.7. The Morgan fingerprint density at radius 2 is 1.82 bits per heavy atom. The molecule has 1 aliphatic heterocycles. The molecule has 0 saturated carbocycles. The second kappa shape index (κ2) is 9.11. The summed E-state index contributed by atoms with van der Waals surface area (Å²) in [7, 11) is 1.94. The summed E-state index contributed by atoms with van der Waals surface area (Å²) >= 11 is 0. The number of ether oxygens (including phenoxy) is 1. The zero-order valence-corrected chi connectivity index (χ0v) is 19.0. The molecular weight excluding hydrogens is 416 g/mol. The first-order chi connectivity index (χ1) is 16.1. The molecule has 33 heavy (non-hydrogen) atoms. The molecule has 170 valence electrons. The number of aryl methyl sites for hydroxylation is 2. The number of piperazine rings is 1. The molecule has 7 heteroatoms. The Balaban J connectivity index is 1.16. The number of amides is 1. The third-order valence-corrected chi connectivity index (χ3v) is 6.16. The average molecular weight is 445 g/mol. The summed E-state index contributed by atoms with van der Waals surface area (Å²) in [6.07, 6.45) is 2.07. The van der Waals surface area contributed by atoms with Crippen molar-refractivity contribution in [2.24, 2.45) is 7.05 Å². The number of fused-ring (bicyclic) bond motifs is 1. The number of furan rings is 1. The van der Waals surface area contributed by atoms with Gasteiger partial charge >= 0.3 is 0 Å². The van der Waals surface area contributed by atoms with Crippen LogP contribution in [0.25, 0.3) is 10.8 Å². The highest BCUT2D eigenvalue weighted by molar-refractivity contribution is 5.91. The molecule has 0 N–H and O–H groups in total. The third kappa shape index (κ3) is 4.64. The minimum atomic E-state index is -0.0661. The van der Waals surface area contributed by atoms with E-state index in [-0.39, 0.29) is 12.5 Å².